The molecular weight excluding hydrogens is 318 g/mol. The molecule has 0 spiro atoms. The van der Waals surface area contributed by atoms with Crippen LogP contribution in [0.3, 0.4) is 0 Å². The van der Waals surface area contributed by atoms with E-state index in [4.69, 9.17) is 10.7 Å². The molecule has 2 heterocycles. The van der Waals surface area contributed by atoms with E-state index >= 15 is 0 Å². The van der Waals surface area contributed by atoms with E-state index in [1.165, 1.54) is 23.3 Å². The van der Waals surface area contributed by atoms with Crippen molar-refractivity contribution in [3.05, 3.63) is 16.5 Å². The lowest BCUT2D eigenvalue weighted by Gasteiger charge is -2.08. The molecule has 2 aromatic rings. The van der Waals surface area contributed by atoms with E-state index in [0.717, 1.165) is 17.7 Å². The molecular formula is C12H14ClN3O2S2. The fraction of sp³-hybridized carbons (Fsp3) is 0.500. The first-order chi connectivity index (χ1) is 9.50. The molecule has 1 aliphatic carbocycles. The number of nitrogens with zero attached hydrogens (tertiary/aromatic N) is 3. The molecule has 0 bridgehead atoms. The molecule has 0 radical (unpaired) electrons. The molecule has 0 saturated carbocycles. The summed E-state index contributed by atoms with van der Waals surface area (Å²) in [5, 5.41) is 7.59. The third kappa shape index (κ3) is 2.38. The van der Waals surface area contributed by atoms with Crippen molar-refractivity contribution >= 4 is 31.1 Å². The molecule has 0 unspecified atom stereocenters. The fourth-order valence-corrected chi connectivity index (χ4v) is 4.74. The number of hydrogen-bond acceptors (Lipinski definition) is 5. The summed E-state index contributed by atoms with van der Waals surface area (Å²) >= 11 is 1.68. The molecule has 0 aromatic carbocycles. The van der Waals surface area contributed by atoms with Gasteiger partial charge in [0.2, 0.25) is 0 Å². The van der Waals surface area contributed by atoms with Crippen molar-refractivity contribution in [2.45, 2.75) is 44.3 Å². The average Bonchev–Trinajstić information content (AvgIpc) is 3.00. The summed E-state index contributed by atoms with van der Waals surface area (Å²) in [6, 6.07) is 2.11. The number of aryl methyl sites for hydroxylation is 2. The monoisotopic (exact) mass is 331 g/mol. The number of rotatable bonds is 3. The Morgan fingerprint density at radius 2 is 2.10 bits per heavy atom. The number of halogens is 1. The van der Waals surface area contributed by atoms with Crippen LogP contribution in [0.1, 0.15) is 30.2 Å². The Labute approximate surface area is 126 Å². The third-order valence-corrected chi connectivity index (χ3v) is 5.85. The minimum atomic E-state index is -3.87. The minimum absolute atomic E-state index is 0.178. The van der Waals surface area contributed by atoms with E-state index < -0.39 is 9.05 Å². The van der Waals surface area contributed by atoms with Crippen LogP contribution in [0.5, 0.6) is 0 Å². The van der Waals surface area contributed by atoms with Crippen LogP contribution in [0, 0.1) is 0 Å². The predicted molar refractivity (Wildman–Crippen MR) is 78.7 cm³/mol. The van der Waals surface area contributed by atoms with Crippen LogP contribution in [-0.4, -0.2) is 23.2 Å². The van der Waals surface area contributed by atoms with Crippen LogP contribution in [-0.2, 0) is 28.4 Å². The lowest BCUT2D eigenvalue weighted by atomic mass is 9.99. The van der Waals surface area contributed by atoms with Crippen molar-refractivity contribution < 1.29 is 8.42 Å². The average molecular weight is 332 g/mol. The Morgan fingerprint density at radius 3 is 2.75 bits per heavy atom. The Kier molecular flexibility index (Phi) is 3.60. The second-order valence-electron chi connectivity index (χ2n) is 4.75. The number of aromatic nitrogens is 3. The Hall–Kier alpha value is -0.920. The molecule has 5 nitrogen and oxygen atoms in total. The van der Waals surface area contributed by atoms with Gasteiger partial charge in [-0.3, -0.25) is 4.57 Å². The molecule has 20 heavy (non-hydrogen) atoms. The molecule has 8 heteroatoms. The number of hydrogen-bond donors (Lipinski definition) is 0. The molecule has 0 saturated heterocycles. The highest BCUT2D eigenvalue weighted by atomic mass is 35.7. The maximum atomic E-state index is 11.5. The van der Waals surface area contributed by atoms with Crippen LogP contribution >= 0.6 is 22.0 Å². The summed E-state index contributed by atoms with van der Waals surface area (Å²) in [6.45, 7) is 2.32. The second-order valence-corrected chi connectivity index (χ2v) is 8.35. The molecule has 108 valence electrons. The molecule has 0 fully saturated rings. The Balaban J connectivity index is 2.11. The highest BCUT2D eigenvalue weighted by molar-refractivity contribution is 8.13. The van der Waals surface area contributed by atoms with E-state index in [-0.39, 0.29) is 5.16 Å². The number of thiophene rings is 1. The predicted octanol–water partition coefficient (Wildman–Crippen LogP) is 2.83. The van der Waals surface area contributed by atoms with Crippen LogP contribution in [0.25, 0.3) is 10.7 Å². The summed E-state index contributed by atoms with van der Waals surface area (Å²) in [5.74, 6) is 0.589. The molecule has 2 aromatic heterocycles. The summed E-state index contributed by atoms with van der Waals surface area (Å²) < 4.78 is 24.5. The topological polar surface area (TPSA) is 64.8 Å². The zero-order chi connectivity index (χ0) is 14.3. The minimum Gasteiger partial charge on any atom is -0.296 e. The third-order valence-electron chi connectivity index (χ3n) is 3.47. The van der Waals surface area contributed by atoms with Gasteiger partial charge in [-0.2, -0.15) is 0 Å². The first-order valence-corrected chi connectivity index (χ1v) is 9.63. The standard InChI is InChI=1S/C12H14ClN3O2S2/c1-2-16-11(14-15-12(16)20(13,17)18)10-7-8-5-3-4-6-9(8)19-10/h7H,2-6H2,1H3. The molecule has 0 N–H and O–H groups in total. The van der Waals surface area contributed by atoms with E-state index in [1.807, 2.05) is 6.92 Å². The van der Waals surface area contributed by atoms with Crippen molar-refractivity contribution in [1.82, 2.24) is 14.8 Å². The lowest BCUT2D eigenvalue weighted by Crippen LogP contribution is -2.05. The van der Waals surface area contributed by atoms with E-state index in [2.05, 4.69) is 16.3 Å². The summed E-state index contributed by atoms with van der Waals surface area (Å²) in [6.07, 6.45) is 4.62. The fourth-order valence-electron chi connectivity index (χ4n) is 2.54. The highest BCUT2D eigenvalue weighted by Gasteiger charge is 2.24. The van der Waals surface area contributed by atoms with Crippen molar-refractivity contribution in [2.75, 3.05) is 0 Å². The van der Waals surface area contributed by atoms with Gasteiger partial charge in [0.15, 0.2) is 5.82 Å². The van der Waals surface area contributed by atoms with Crippen LogP contribution in [0.4, 0.5) is 0 Å². The largest absolute Gasteiger partial charge is 0.296 e. The molecule has 0 aliphatic heterocycles. The van der Waals surface area contributed by atoms with Gasteiger partial charge >= 0.3 is 0 Å². The van der Waals surface area contributed by atoms with Crippen LogP contribution < -0.4 is 0 Å². The van der Waals surface area contributed by atoms with Gasteiger partial charge < -0.3 is 0 Å². The van der Waals surface area contributed by atoms with Crippen LogP contribution in [0.15, 0.2) is 11.2 Å². The second kappa shape index (κ2) is 5.13. The molecule has 3 rings (SSSR count). The first kappa shape index (κ1) is 14.0. The van der Waals surface area contributed by atoms with E-state index in [1.54, 1.807) is 15.9 Å². The Morgan fingerprint density at radius 1 is 1.35 bits per heavy atom. The van der Waals surface area contributed by atoms with Crippen molar-refractivity contribution in [3.63, 3.8) is 0 Å². The summed E-state index contributed by atoms with van der Waals surface area (Å²) in [7, 11) is 1.53. The first-order valence-electron chi connectivity index (χ1n) is 6.50. The van der Waals surface area contributed by atoms with E-state index in [0.29, 0.717) is 12.4 Å². The van der Waals surface area contributed by atoms with Crippen molar-refractivity contribution in [2.24, 2.45) is 0 Å². The van der Waals surface area contributed by atoms with Gasteiger partial charge in [0, 0.05) is 22.1 Å². The quantitative estimate of drug-likeness (QED) is 0.811. The highest BCUT2D eigenvalue weighted by Crippen LogP contribution is 2.35. The molecule has 0 atom stereocenters. The Bertz CT molecular complexity index is 725. The maximum absolute atomic E-state index is 11.5. The van der Waals surface area contributed by atoms with Gasteiger partial charge in [-0.25, -0.2) is 8.42 Å². The van der Waals surface area contributed by atoms with Gasteiger partial charge in [0.25, 0.3) is 14.2 Å². The number of fused-ring (bicyclic) bond motifs is 1. The molecule has 0 amide bonds. The van der Waals surface area contributed by atoms with Gasteiger partial charge in [-0.1, -0.05) is 0 Å². The maximum Gasteiger partial charge on any atom is 0.296 e. The van der Waals surface area contributed by atoms with Crippen molar-refractivity contribution in [3.8, 4) is 10.7 Å². The SMILES string of the molecule is CCn1c(-c2cc3c(s2)CCCC3)nnc1S(=O)(=O)Cl. The van der Waals surface area contributed by atoms with Gasteiger partial charge in [0.05, 0.1) is 4.88 Å². The normalized spacial score (nSPS) is 15.3. The van der Waals surface area contributed by atoms with Gasteiger partial charge in [-0.15, -0.1) is 21.5 Å². The van der Waals surface area contributed by atoms with Crippen LogP contribution in [0.2, 0.25) is 0 Å². The lowest BCUT2D eigenvalue weighted by molar-refractivity contribution is 0.583. The van der Waals surface area contributed by atoms with E-state index in [9.17, 15) is 8.42 Å². The smallest absolute Gasteiger partial charge is 0.296 e. The van der Waals surface area contributed by atoms with Gasteiger partial charge in [-0.05, 0) is 44.2 Å². The summed E-state index contributed by atoms with van der Waals surface area (Å²) in [4.78, 5) is 2.35. The zero-order valence-corrected chi connectivity index (χ0v) is 13.4. The zero-order valence-electron chi connectivity index (χ0n) is 11.0. The molecule has 1 aliphatic rings. The van der Waals surface area contributed by atoms with Gasteiger partial charge in [0.1, 0.15) is 0 Å². The summed E-state index contributed by atoms with van der Waals surface area (Å²) in [5.41, 5.74) is 1.36. The van der Waals surface area contributed by atoms with Crippen molar-refractivity contribution in [1.29, 1.82) is 0 Å².